The lowest BCUT2D eigenvalue weighted by molar-refractivity contribution is 0.394. The number of benzene rings is 1. The van der Waals surface area contributed by atoms with E-state index in [1.54, 1.807) is 14.2 Å². The molecule has 2 heteroatoms. The van der Waals surface area contributed by atoms with Crippen molar-refractivity contribution in [1.82, 2.24) is 0 Å². The van der Waals surface area contributed by atoms with E-state index in [9.17, 15) is 0 Å². The van der Waals surface area contributed by atoms with Crippen molar-refractivity contribution in [2.75, 3.05) is 14.2 Å². The Bertz CT molecular complexity index is 336. The van der Waals surface area contributed by atoms with E-state index in [-0.39, 0.29) is 0 Å². The fourth-order valence-electron chi connectivity index (χ4n) is 2.58. The first-order valence-electron chi connectivity index (χ1n) is 6.59. The standard InChI is InChI=1S/C15H22O2/c1-16-14-10-13-9-7-5-3-4-6-8-12(14)11-15(13)17-2/h10-11H,3-9H2,1-2H3. The van der Waals surface area contributed by atoms with Gasteiger partial charge in [0.25, 0.3) is 0 Å². The van der Waals surface area contributed by atoms with Crippen molar-refractivity contribution in [3.8, 4) is 11.5 Å². The molecule has 2 nitrogen and oxygen atoms in total. The number of hydrogen-bond donors (Lipinski definition) is 0. The molecule has 0 saturated carbocycles. The first kappa shape index (κ1) is 12.3. The maximum Gasteiger partial charge on any atom is 0.122 e. The molecule has 0 amide bonds. The molecule has 0 spiro atoms. The highest BCUT2D eigenvalue weighted by molar-refractivity contribution is 5.46. The minimum Gasteiger partial charge on any atom is -0.496 e. The number of fused-ring (bicyclic) bond motifs is 8. The highest BCUT2D eigenvalue weighted by Gasteiger charge is 2.12. The number of rotatable bonds is 2. The third-order valence-electron chi connectivity index (χ3n) is 3.58. The number of aryl methyl sites for hydroxylation is 2. The largest absolute Gasteiger partial charge is 0.496 e. The van der Waals surface area contributed by atoms with Gasteiger partial charge in [-0.05, 0) is 48.9 Å². The zero-order valence-corrected chi connectivity index (χ0v) is 10.9. The summed E-state index contributed by atoms with van der Waals surface area (Å²) in [6.07, 6.45) is 8.69. The van der Waals surface area contributed by atoms with E-state index in [2.05, 4.69) is 12.1 Å². The van der Waals surface area contributed by atoms with E-state index in [4.69, 9.17) is 9.47 Å². The number of ether oxygens (including phenoxy) is 2. The van der Waals surface area contributed by atoms with Crippen LogP contribution in [0.5, 0.6) is 11.5 Å². The van der Waals surface area contributed by atoms with Gasteiger partial charge in [0.1, 0.15) is 11.5 Å². The van der Waals surface area contributed by atoms with Crippen LogP contribution >= 0.6 is 0 Å². The zero-order chi connectivity index (χ0) is 12.1. The predicted molar refractivity (Wildman–Crippen MR) is 70.0 cm³/mol. The monoisotopic (exact) mass is 234 g/mol. The lowest BCUT2D eigenvalue weighted by Gasteiger charge is -2.14. The molecule has 1 aromatic carbocycles. The van der Waals surface area contributed by atoms with Crippen LogP contribution in [0, 0.1) is 0 Å². The minimum absolute atomic E-state index is 1.03. The molecule has 0 atom stereocenters. The lowest BCUT2D eigenvalue weighted by atomic mass is 10.0. The fraction of sp³-hybridized carbons (Fsp3) is 0.600. The van der Waals surface area contributed by atoms with Crippen molar-refractivity contribution in [3.05, 3.63) is 23.3 Å². The molecular weight excluding hydrogens is 212 g/mol. The van der Waals surface area contributed by atoms with Crippen molar-refractivity contribution in [2.24, 2.45) is 0 Å². The van der Waals surface area contributed by atoms with Crippen LogP contribution in [-0.4, -0.2) is 14.2 Å². The molecule has 0 aromatic heterocycles. The molecule has 0 unspecified atom stereocenters. The van der Waals surface area contributed by atoms with Crippen LogP contribution in [-0.2, 0) is 12.8 Å². The summed E-state index contributed by atoms with van der Waals surface area (Å²) in [6, 6.07) is 4.33. The van der Waals surface area contributed by atoms with Crippen LogP contribution in [0.2, 0.25) is 0 Å². The summed E-state index contributed by atoms with van der Waals surface area (Å²) < 4.78 is 11.0. The van der Waals surface area contributed by atoms with E-state index in [0.29, 0.717) is 0 Å². The SMILES string of the molecule is COc1cc2c(OC)cc1CCCCCCC2. The van der Waals surface area contributed by atoms with Crippen molar-refractivity contribution < 1.29 is 9.47 Å². The Balaban J connectivity index is 2.36. The van der Waals surface area contributed by atoms with Gasteiger partial charge in [-0.2, -0.15) is 0 Å². The average Bonchev–Trinajstić information content (AvgIpc) is 2.44. The van der Waals surface area contributed by atoms with Gasteiger partial charge in [0.15, 0.2) is 0 Å². The van der Waals surface area contributed by atoms with Crippen LogP contribution < -0.4 is 9.47 Å². The summed E-state index contributed by atoms with van der Waals surface area (Å²) in [4.78, 5) is 0. The van der Waals surface area contributed by atoms with Gasteiger partial charge in [-0.3, -0.25) is 0 Å². The van der Waals surface area contributed by atoms with E-state index < -0.39 is 0 Å². The molecule has 0 saturated heterocycles. The highest BCUT2D eigenvalue weighted by Crippen LogP contribution is 2.32. The van der Waals surface area contributed by atoms with Gasteiger partial charge in [0, 0.05) is 0 Å². The minimum atomic E-state index is 1.03. The van der Waals surface area contributed by atoms with Crippen LogP contribution in [0.4, 0.5) is 0 Å². The Kier molecular flexibility index (Phi) is 4.29. The van der Waals surface area contributed by atoms with Gasteiger partial charge in [-0.1, -0.05) is 19.3 Å². The molecule has 94 valence electrons. The van der Waals surface area contributed by atoms with Crippen LogP contribution in [0.1, 0.15) is 43.2 Å². The Labute approximate surface area is 104 Å². The summed E-state index contributed by atoms with van der Waals surface area (Å²) in [7, 11) is 3.52. The second-order valence-electron chi connectivity index (χ2n) is 4.74. The Morgan fingerprint density at radius 2 is 1.12 bits per heavy atom. The molecule has 0 fully saturated rings. The van der Waals surface area contributed by atoms with E-state index in [1.807, 2.05) is 0 Å². The molecule has 2 aliphatic carbocycles. The van der Waals surface area contributed by atoms with Crippen LogP contribution in [0.25, 0.3) is 0 Å². The quantitative estimate of drug-likeness (QED) is 0.776. The average molecular weight is 234 g/mol. The third kappa shape index (κ3) is 2.93. The van der Waals surface area contributed by atoms with Crippen molar-refractivity contribution in [3.63, 3.8) is 0 Å². The maximum atomic E-state index is 5.49. The van der Waals surface area contributed by atoms with Gasteiger partial charge < -0.3 is 9.47 Å². The Morgan fingerprint density at radius 3 is 1.53 bits per heavy atom. The predicted octanol–water partition coefficient (Wildman–Crippen LogP) is 3.75. The zero-order valence-electron chi connectivity index (χ0n) is 10.9. The molecule has 3 rings (SSSR count). The lowest BCUT2D eigenvalue weighted by Crippen LogP contribution is -1.98. The summed E-state index contributed by atoms with van der Waals surface area (Å²) >= 11 is 0. The molecule has 2 aliphatic rings. The molecule has 0 N–H and O–H groups in total. The summed E-state index contributed by atoms with van der Waals surface area (Å²) in [5.74, 6) is 2.06. The highest BCUT2D eigenvalue weighted by atomic mass is 16.5. The molecule has 17 heavy (non-hydrogen) atoms. The smallest absolute Gasteiger partial charge is 0.122 e. The van der Waals surface area contributed by atoms with Crippen LogP contribution in [0.15, 0.2) is 12.1 Å². The van der Waals surface area contributed by atoms with E-state index >= 15 is 0 Å². The van der Waals surface area contributed by atoms with Crippen molar-refractivity contribution in [2.45, 2.75) is 44.9 Å². The third-order valence-corrected chi connectivity index (χ3v) is 3.58. The summed E-state index contributed by atoms with van der Waals surface area (Å²) in [5.41, 5.74) is 2.57. The molecular formula is C15H22O2. The topological polar surface area (TPSA) is 18.5 Å². The maximum absolute atomic E-state index is 5.49. The molecule has 0 aliphatic heterocycles. The second-order valence-corrected chi connectivity index (χ2v) is 4.74. The van der Waals surface area contributed by atoms with Gasteiger partial charge in [0.05, 0.1) is 14.2 Å². The molecule has 1 aromatic rings. The van der Waals surface area contributed by atoms with Crippen LogP contribution in [0.3, 0.4) is 0 Å². The normalized spacial score (nSPS) is 16.4. The van der Waals surface area contributed by atoms with Crippen molar-refractivity contribution in [1.29, 1.82) is 0 Å². The van der Waals surface area contributed by atoms with E-state index in [0.717, 1.165) is 24.3 Å². The van der Waals surface area contributed by atoms with Gasteiger partial charge >= 0.3 is 0 Å². The first-order chi connectivity index (χ1) is 8.35. The molecule has 0 heterocycles. The molecule has 0 radical (unpaired) electrons. The number of hydrogen-bond acceptors (Lipinski definition) is 2. The number of methoxy groups -OCH3 is 2. The summed E-state index contributed by atoms with van der Waals surface area (Å²) in [5, 5.41) is 0. The van der Waals surface area contributed by atoms with E-state index in [1.165, 1.54) is 43.2 Å². The fourth-order valence-corrected chi connectivity index (χ4v) is 2.58. The molecule has 2 bridgehead atoms. The second kappa shape index (κ2) is 5.95. The van der Waals surface area contributed by atoms with Gasteiger partial charge in [-0.25, -0.2) is 0 Å². The Morgan fingerprint density at radius 1 is 0.706 bits per heavy atom. The van der Waals surface area contributed by atoms with Crippen molar-refractivity contribution >= 4 is 0 Å². The summed E-state index contributed by atoms with van der Waals surface area (Å²) in [6.45, 7) is 0. The Hall–Kier alpha value is -1.18. The first-order valence-corrected chi connectivity index (χ1v) is 6.59. The van der Waals surface area contributed by atoms with Gasteiger partial charge in [-0.15, -0.1) is 0 Å². The van der Waals surface area contributed by atoms with Gasteiger partial charge in [0.2, 0.25) is 0 Å².